The van der Waals surface area contributed by atoms with Crippen molar-refractivity contribution < 1.29 is 14.6 Å². The number of ether oxygens (including phenoxy) is 1. The lowest BCUT2D eigenvalue weighted by atomic mass is 9.75. The Bertz CT molecular complexity index is 276. The molecule has 86 valence electrons. The Morgan fingerprint density at radius 3 is 2.60 bits per heavy atom. The van der Waals surface area contributed by atoms with E-state index < -0.39 is 11.6 Å². The molecular weight excluding hydrogens is 192 g/mol. The monoisotopic (exact) mass is 212 g/mol. The molecule has 15 heavy (non-hydrogen) atoms. The fourth-order valence-corrected chi connectivity index (χ4v) is 3.06. The fourth-order valence-electron chi connectivity index (χ4n) is 3.06. The Kier molecular flexibility index (Phi) is 2.53. The summed E-state index contributed by atoms with van der Waals surface area (Å²) in [4.78, 5) is 11.1. The molecule has 1 N–H and O–H groups in total. The number of carboxylic acids is 1. The van der Waals surface area contributed by atoms with Crippen LogP contribution >= 0.6 is 0 Å². The number of hydrogen-bond acceptors (Lipinski definition) is 2. The normalized spacial score (nSPS) is 45.9. The largest absolute Gasteiger partial charge is 0.479 e. The summed E-state index contributed by atoms with van der Waals surface area (Å²) in [6, 6.07) is 0. The molecule has 2 aliphatic rings. The molecular formula is C12H20O3. The number of aliphatic carboxylic acids is 1. The second-order valence-corrected chi connectivity index (χ2v) is 5.35. The van der Waals surface area contributed by atoms with Crippen LogP contribution in [0.3, 0.4) is 0 Å². The van der Waals surface area contributed by atoms with Crippen molar-refractivity contribution >= 4 is 5.97 Å². The molecule has 3 unspecified atom stereocenters. The summed E-state index contributed by atoms with van der Waals surface area (Å²) in [7, 11) is 0. The molecule has 0 aromatic rings. The van der Waals surface area contributed by atoms with Gasteiger partial charge in [0.05, 0.1) is 5.60 Å². The van der Waals surface area contributed by atoms with E-state index in [-0.39, 0.29) is 5.60 Å². The Morgan fingerprint density at radius 1 is 1.33 bits per heavy atom. The standard InChI is InChI=1S/C12H20O3/c1-9-5-3-4-6-12(9)8-7-11(2,15-12)10(13)14/h9H,3-8H2,1-2H3,(H,13,14). The summed E-state index contributed by atoms with van der Waals surface area (Å²) in [6.07, 6.45) is 6.23. The van der Waals surface area contributed by atoms with Gasteiger partial charge in [-0.05, 0) is 38.5 Å². The van der Waals surface area contributed by atoms with Crippen LogP contribution < -0.4 is 0 Å². The minimum Gasteiger partial charge on any atom is -0.479 e. The zero-order valence-electron chi connectivity index (χ0n) is 9.58. The molecule has 0 aromatic heterocycles. The number of carbonyl (C=O) groups is 1. The molecule has 1 saturated heterocycles. The van der Waals surface area contributed by atoms with Gasteiger partial charge in [-0.2, -0.15) is 0 Å². The van der Waals surface area contributed by atoms with E-state index >= 15 is 0 Å². The molecule has 1 saturated carbocycles. The summed E-state index contributed by atoms with van der Waals surface area (Å²) in [5, 5.41) is 9.15. The van der Waals surface area contributed by atoms with Gasteiger partial charge in [-0.1, -0.05) is 19.8 Å². The van der Waals surface area contributed by atoms with Crippen molar-refractivity contribution in [1.82, 2.24) is 0 Å². The average Bonchev–Trinajstić information content (AvgIpc) is 2.52. The van der Waals surface area contributed by atoms with Gasteiger partial charge in [0, 0.05) is 0 Å². The van der Waals surface area contributed by atoms with E-state index in [0.717, 1.165) is 12.8 Å². The van der Waals surface area contributed by atoms with Gasteiger partial charge in [0.2, 0.25) is 0 Å². The quantitative estimate of drug-likeness (QED) is 0.726. The van der Waals surface area contributed by atoms with Crippen molar-refractivity contribution in [1.29, 1.82) is 0 Å². The molecule has 0 aromatic carbocycles. The van der Waals surface area contributed by atoms with Crippen LogP contribution in [0.5, 0.6) is 0 Å². The van der Waals surface area contributed by atoms with Crippen molar-refractivity contribution in [2.24, 2.45) is 5.92 Å². The maximum atomic E-state index is 11.1. The second-order valence-electron chi connectivity index (χ2n) is 5.35. The molecule has 1 aliphatic heterocycles. The molecule has 1 aliphatic carbocycles. The van der Waals surface area contributed by atoms with Crippen LogP contribution in [0.4, 0.5) is 0 Å². The van der Waals surface area contributed by atoms with Crippen LogP contribution in [-0.4, -0.2) is 22.3 Å². The van der Waals surface area contributed by atoms with Crippen LogP contribution in [0.25, 0.3) is 0 Å². The molecule has 3 nitrogen and oxygen atoms in total. The SMILES string of the molecule is CC1CCCCC12CCC(C)(C(=O)O)O2. The molecule has 1 heterocycles. The summed E-state index contributed by atoms with van der Waals surface area (Å²) in [6.45, 7) is 3.91. The zero-order valence-corrected chi connectivity index (χ0v) is 9.58. The highest BCUT2D eigenvalue weighted by atomic mass is 16.6. The van der Waals surface area contributed by atoms with E-state index in [1.165, 1.54) is 19.3 Å². The van der Waals surface area contributed by atoms with Crippen molar-refractivity contribution in [3.8, 4) is 0 Å². The van der Waals surface area contributed by atoms with Crippen LogP contribution in [-0.2, 0) is 9.53 Å². The lowest BCUT2D eigenvalue weighted by Gasteiger charge is -2.40. The number of rotatable bonds is 1. The fraction of sp³-hybridized carbons (Fsp3) is 0.917. The molecule has 1 spiro atoms. The van der Waals surface area contributed by atoms with Gasteiger partial charge in [-0.3, -0.25) is 0 Å². The van der Waals surface area contributed by atoms with E-state index in [4.69, 9.17) is 9.84 Å². The Balaban J connectivity index is 2.16. The average molecular weight is 212 g/mol. The van der Waals surface area contributed by atoms with Gasteiger partial charge in [-0.15, -0.1) is 0 Å². The van der Waals surface area contributed by atoms with E-state index in [1.807, 2.05) is 0 Å². The third kappa shape index (κ3) is 1.67. The summed E-state index contributed by atoms with van der Waals surface area (Å²) >= 11 is 0. The first-order chi connectivity index (χ1) is 6.99. The lowest BCUT2D eigenvalue weighted by Crippen LogP contribution is -2.44. The predicted octanol–water partition coefficient (Wildman–Crippen LogP) is 2.59. The first-order valence-corrected chi connectivity index (χ1v) is 5.92. The molecule has 3 atom stereocenters. The maximum absolute atomic E-state index is 11.1. The van der Waals surface area contributed by atoms with Crippen molar-refractivity contribution in [3.63, 3.8) is 0 Å². The van der Waals surface area contributed by atoms with Gasteiger partial charge in [0.15, 0.2) is 5.60 Å². The van der Waals surface area contributed by atoms with E-state index in [2.05, 4.69) is 6.92 Å². The predicted molar refractivity (Wildman–Crippen MR) is 56.7 cm³/mol. The highest BCUT2D eigenvalue weighted by Crippen LogP contribution is 2.49. The van der Waals surface area contributed by atoms with Gasteiger partial charge < -0.3 is 9.84 Å². The smallest absolute Gasteiger partial charge is 0.335 e. The van der Waals surface area contributed by atoms with Gasteiger partial charge in [-0.25, -0.2) is 4.79 Å². The highest BCUT2D eigenvalue weighted by molar-refractivity contribution is 5.77. The first kappa shape index (κ1) is 10.9. The molecule has 0 amide bonds. The second kappa shape index (κ2) is 3.48. The van der Waals surface area contributed by atoms with Crippen molar-refractivity contribution in [2.45, 2.75) is 63.6 Å². The van der Waals surface area contributed by atoms with E-state index in [9.17, 15) is 4.79 Å². The Labute approximate surface area is 90.8 Å². The lowest BCUT2D eigenvalue weighted by molar-refractivity contribution is -0.180. The topological polar surface area (TPSA) is 46.5 Å². The number of hydrogen-bond donors (Lipinski definition) is 1. The maximum Gasteiger partial charge on any atom is 0.335 e. The Morgan fingerprint density at radius 2 is 2.07 bits per heavy atom. The van der Waals surface area contributed by atoms with Crippen molar-refractivity contribution in [2.75, 3.05) is 0 Å². The van der Waals surface area contributed by atoms with E-state index in [0.29, 0.717) is 12.3 Å². The van der Waals surface area contributed by atoms with Gasteiger partial charge in [0.1, 0.15) is 0 Å². The molecule has 3 heteroatoms. The summed E-state index contributed by atoms with van der Waals surface area (Å²) in [5.74, 6) is -0.301. The van der Waals surface area contributed by atoms with Crippen LogP contribution in [0.15, 0.2) is 0 Å². The molecule has 0 radical (unpaired) electrons. The van der Waals surface area contributed by atoms with Crippen LogP contribution in [0, 0.1) is 5.92 Å². The zero-order chi connectivity index (χ0) is 11.1. The highest BCUT2D eigenvalue weighted by Gasteiger charge is 2.53. The van der Waals surface area contributed by atoms with E-state index in [1.54, 1.807) is 6.92 Å². The minimum atomic E-state index is -0.939. The third-order valence-corrected chi connectivity index (χ3v) is 4.29. The first-order valence-electron chi connectivity index (χ1n) is 5.92. The number of carboxylic acid groups (broad SMARTS) is 1. The summed E-state index contributed by atoms with van der Waals surface area (Å²) < 4.78 is 5.95. The molecule has 0 bridgehead atoms. The minimum absolute atomic E-state index is 0.134. The summed E-state index contributed by atoms with van der Waals surface area (Å²) in [5.41, 5.74) is -1.07. The van der Waals surface area contributed by atoms with Crippen molar-refractivity contribution in [3.05, 3.63) is 0 Å². The van der Waals surface area contributed by atoms with Gasteiger partial charge >= 0.3 is 5.97 Å². The molecule has 2 rings (SSSR count). The van der Waals surface area contributed by atoms with Crippen LogP contribution in [0.1, 0.15) is 52.4 Å². The van der Waals surface area contributed by atoms with Gasteiger partial charge in [0.25, 0.3) is 0 Å². The Hall–Kier alpha value is -0.570. The van der Waals surface area contributed by atoms with Crippen LogP contribution in [0.2, 0.25) is 0 Å². The molecule has 2 fully saturated rings. The third-order valence-electron chi connectivity index (χ3n) is 4.29.